The van der Waals surface area contributed by atoms with E-state index in [1.807, 2.05) is 6.07 Å². The Hall–Kier alpha value is -6.75. The summed E-state index contributed by atoms with van der Waals surface area (Å²) in [4.78, 5) is 4.90. The van der Waals surface area contributed by atoms with Crippen LogP contribution in [0, 0.1) is 0 Å². The number of fused-ring (bicyclic) bond motifs is 5. The van der Waals surface area contributed by atoms with Crippen LogP contribution < -0.4 is 25.5 Å². The molecule has 1 aliphatic rings. The van der Waals surface area contributed by atoms with E-state index in [-0.39, 0.29) is 0 Å². The molecule has 1 aromatic heterocycles. The summed E-state index contributed by atoms with van der Waals surface area (Å²) >= 11 is 0. The lowest BCUT2D eigenvalue weighted by molar-refractivity contribution is 0.281. The molecule has 0 saturated heterocycles. The fraction of sp³-hybridized carbons (Fsp3) is 0.0200. The summed E-state index contributed by atoms with van der Waals surface area (Å²) in [6, 6.07) is 75.4. The first kappa shape index (κ1) is 31.9. The van der Waals surface area contributed by atoms with Crippen LogP contribution in [-0.2, 0) is 6.61 Å². The fourth-order valence-electron chi connectivity index (χ4n) is 8.32. The maximum Gasteiger partial charge on any atom is 0.179 e. The molecule has 0 amide bonds. The lowest BCUT2D eigenvalue weighted by atomic mass is 9.99. The van der Waals surface area contributed by atoms with Gasteiger partial charge in [-0.1, -0.05) is 176 Å². The molecule has 0 N–H and O–H groups in total. The molecule has 0 spiro atoms. The van der Waals surface area contributed by atoms with Crippen molar-refractivity contribution < 1.29 is 4.74 Å². The van der Waals surface area contributed by atoms with Crippen LogP contribution in [0.1, 0.15) is 5.82 Å². The highest BCUT2D eigenvalue weighted by Gasteiger charge is 2.42. The fourth-order valence-corrected chi connectivity index (χ4v) is 13.2. The topological polar surface area (TPSA) is 27.1 Å². The lowest BCUT2D eigenvalue weighted by Gasteiger charge is -2.35. The maximum absolute atomic E-state index is 6.24. The molecule has 0 aliphatic carbocycles. The average molecular weight is 709 g/mol. The molecule has 2 heterocycles. The highest BCUT2D eigenvalue weighted by molar-refractivity contribution is 7.20. The molecule has 0 atom stereocenters. The zero-order chi connectivity index (χ0) is 35.9. The second kappa shape index (κ2) is 13.3. The number of benzene rings is 8. The second-order valence-electron chi connectivity index (χ2n) is 13.9. The number of rotatable bonds is 7. The zero-order valence-corrected chi connectivity index (χ0v) is 30.6. The van der Waals surface area contributed by atoms with Gasteiger partial charge in [0.05, 0.1) is 16.7 Å². The van der Waals surface area contributed by atoms with Crippen LogP contribution >= 0.6 is 0 Å². The van der Waals surface area contributed by atoms with Crippen molar-refractivity contribution in [2.75, 3.05) is 0 Å². The molecular formula is C50H36N2OSi. The third-order valence-electron chi connectivity index (χ3n) is 10.8. The van der Waals surface area contributed by atoms with Gasteiger partial charge in [-0.15, -0.1) is 0 Å². The lowest BCUT2D eigenvalue weighted by Crippen LogP contribution is -2.74. The molecule has 0 bridgehead atoms. The van der Waals surface area contributed by atoms with E-state index in [1.165, 1.54) is 43.0 Å². The van der Waals surface area contributed by atoms with Gasteiger partial charge in [-0.05, 0) is 84.5 Å². The summed E-state index contributed by atoms with van der Waals surface area (Å²) in [6.45, 7) is 0.450. The van der Waals surface area contributed by atoms with Gasteiger partial charge in [-0.25, -0.2) is 4.98 Å². The van der Waals surface area contributed by atoms with Gasteiger partial charge in [0, 0.05) is 0 Å². The van der Waals surface area contributed by atoms with Crippen LogP contribution in [0.25, 0.3) is 50.1 Å². The van der Waals surface area contributed by atoms with E-state index in [0.29, 0.717) is 6.61 Å². The molecule has 8 aromatic carbocycles. The standard InChI is InChI=1S/C50H36N2OSi/c1-5-16-36(17-6-1)40-30-41(37-18-7-2-8-19-37)33-45(32-40)54(42-21-9-3-10-22-42,43-23-11-4-12-24-43)44-25-15-20-38(31-44)39-28-29-49-48(34-39)52-47-27-14-13-26-46(47)51-50(52)35-53-49/h1-34H,35H2. The molecule has 0 fully saturated rings. The summed E-state index contributed by atoms with van der Waals surface area (Å²) in [7, 11) is -2.94. The van der Waals surface area contributed by atoms with Gasteiger partial charge in [-0.3, -0.25) is 4.57 Å². The zero-order valence-electron chi connectivity index (χ0n) is 29.6. The van der Waals surface area contributed by atoms with Crippen LogP contribution in [-0.4, -0.2) is 17.6 Å². The van der Waals surface area contributed by atoms with Crippen molar-refractivity contribution in [3.8, 4) is 44.8 Å². The predicted octanol–water partition coefficient (Wildman–Crippen LogP) is 9.30. The highest BCUT2D eigenvalue weighted by Crippen LogP contribution is 2.36. The van der Waals surface area contributed by atoms with Crippen molar-refractivity contribution in [3.05, 3.63) is 212 Å². The minimum Gasteiger partial charge on any atom is -0.483 e. The van der Waals surface area contributed by atoms with Crippen molar-refractivity contribution in [1.29, 1.82) is 0 Å². The SMILES string of the molecule is c1ccc(-c2cc(-c3ccccc3)cc([Si](c3ccccc3)(c3ccccc3)c3cccc(-c4ccc5c(c4)-n4c(nc6ccccc64)CO5)c3)c2)cc1. The third kappa shape index (κ3) is 5.39. The minimum atomic E-state index is -2.94. The highest BCUT2D eigenvalue weighted by atomic mass is 28.3. The van der Waals surface area contributed by atoms with Gasteiger partial charge in [0.25, 0.3) is 0 Å². The Balaban J connectivity index is 1.23. The van der Waals surface area contributed by atoms with E-state index in [4.69, 9.17) is 9.72 Å². The Morgan fingerprint density at radius 1 is 0.407 bits per heavy atom. The van der Waals surface area contributed by atoms with Crippen molar-refractivity contribution in [3.63, 3.8) is 0 Å². The van der Waals surface area contributed by atoms with Crippen LogP contribution in [0.15, 0.2) is 206 Å². The molecular weight excluding hydrogens is 673 g/mol. The van der Waals surface area contributed by atoms with E-state index in [0.717, 1.165) is 39.4 Å². The molecule has 0 saturated carbocycles. The normalized spacial score (nSPS) is 12.1. The van der Waals surface area contributed by atoms with Crippen molar-refractivity contribution in [2.45, 2.75) is 6.61 Å². The Morgan fingerprint density at radius 3 is 1.57 bits per heavy atom. The van der Waals surface area contributed by atoms with E-state index < -0.39 is 8.07 Å². The van der Waals surface area contributed by atoms with Crippen molar-refractivity contribution >= 4 is 39.9 Å². The smallest absolute Gasteiger partial charge is 0.179 e. The van der Waals surface area contributed by atoms with Gasteiger partial charge in [0.2, 0.25) is 0 Å². The predicted molar refractivity (Wildman–Crippen MR) is 225 cm³/mol. The number of ether oxygens (including phenoxy) is 1. The largest absolute Gasteiger partial charge is 0.483 e. The van der Waals surface area contributed by atoms with E-state index in [1.54, 1.807) is 0 Å². The molecule has 10 rings (SSSR count). The molecule has 0 unspecified atom stereocenters. The first-order valence-corrected chi connectivity index (χ1v) is 20.5. The monoisotopic (exact) mass is 708 g/mol. The van der Waals surface area contributed by atoms with Crippen LogP contribution in [0.3, 0.4) is 0 Å². The Labute approximate surface area is 316 Å². The van der Waals surface area contributed by atoms with Gasteiger partial charge in [0.1, 0.15) is 12.4 Å². The van der Waals surface area contributed by atoms with E-state index >= 15 is 0 Å². The number of imidazole rings is 1. The number of aromatic nitrogens is 2. The molecule has 1 aliphatic heterocycles. The Kier molecular flexibility index (Phi) is 7.89. The number of para-hydroxylation sites is 2. The van der Waals surface area contributed by atoms with E-state index in [9.17, 15) is 0 Å². The Bertz CT molecular complexity index is 2660. The van der Waals surface area contributed by atoms with Crippen LogP contribution in [0.5, 0.6) is 5.75 Å². The first-order valence-electron chi connectivity index (χ1n) is 18.5. The van der Waals surface area contributed by atoms with Gasteiger partial charge in [-0.2, -0.15) is 0 Å². The number of nitrogens with zero attached hydrogens (tertiary/aromatic N) is 2. The van der Waals surface area contributed by atoms with Crippen molar-refractivity contribution in [1.82, 2.24) is 9.55 Å². The summed E-state index contributed by atoms with van der Waals surface area (Å²) < 4.78 is 8.50. The Morgan fingerprint density at radius 2 is 0.926 bits per heavy atom. The summed E-state index contributed by atoms with van der Waals surface area (Å²) in [5.41, 5.74) is 10.2. The second-order valence-corrected chi connectivity index (χ2v) is 17.7. The van der Waals surface area contributed by atoms with Gasteiger partial charge < -0.3 is 4.74 Å². The molecule has 0 radical (unpaired) electrons. The minimum absolute atomic E-state index is 0.450. The first-order chi connectivity index (χ1) is 26.8. The van der Waals surface area contributed by atoms with E-state index in [2.05, 4.69) is 205 Å². The van der Waals surface area contributed by atoms with Gasteiger partial charge in [0.15, 0.2) is 13.9 Å². The summed E-state index contributed by atoms with van der Waals surface area (Å²) in [6.07, 6.45) is 0. The van der Waals surface area contributed by atoms with Crippen LogP contribution in [0.2, 0.25) is 0 Å². The molecule has 4 heteroatoms. The molecule has 54 heavy (non-hydrogen) atoms. The third-order valence-corrected chi connectivity index (χ3v) is 15.5. The van der Waals surface area contributed by atoms with Crippen LogP contribution in [0.4, 0.5) is 0 Å². The molecule has 3 nitrogen and oxygen atoms in total. The quantitative estimate of drug-likeness (QED) is 0.122. The van der Waals surface area contributed by atoms with Crippen molar-refractivity contribution in [2.24, 2.45) is 0 Å². The summed E-state index contributed by atoms with van der Waals surface area (Å²) in [5, 5.41) is 5.34. The summed E-state index contributed by atoms with van der Waals surface area (Å²) in [5.74, 6) is 1.79. The number of hydrogen-bond donors (Lipinski definition) is 0. The number of hydrogen-bond acceptors (Lipinski definition) is 2. The maximum atomic E-state index is 6.24. The average Bonchev–Trinajstić information content (AvgIpc) is 3.65. The van der Waals surface area contributed by atoms with Gasteiger partial charge >= 0.3 is 0 Å². The molecule has 9 aromatic rings. The molecule has 256 valence electrons.